The molecule has 5 heterocycles. The molecule has 2 aromatic carbocycles. The number of hydrogen-bond acceptors (Lipinski definition) is 8. The summed E-state index contributed by atoms with van der Waals surface area (Å²) in [6.07, 6.45) is 1.97. The first-order chi connectivity index (χ1) is 18.0. The minimum atomic E-state index is -0.186. The lowest BCUT2D eigenvalue weighted by Gasteiger charge is -2.50. The number of rotatable bonds is 4. The Labute approximate surface area is 217 Å². The highest BCUT2D eigenvalue weighted by molar-refractivity contribution is 5.95. The number of aromatic nitrogens is 1. The van der Waals surface area contributed by atoms with Gasteiger partial charge in [-0.2, -0.15) is 5.26 Å². The average Bonchev–Trinajstić information content (AvgIpc) is 3.24. The van der Waals surface area contributed by atoms with Gasteiger partial charge in [0.2, 0.25) is 0 Å². The van der Waals surface area contributed by atoms with Gasteiger partial charge in [0.25, 0.3) is 0 Å². The highest BCUT2D eigenvalue weighted by atomic mass is 16.5. The molecule has 8 heteroatoms. The first-order valence-corrected chi connectivity index (χ1v) is 13.2. The van der Waals surface area contributed by atoms with Crippen molar-refractivity contribution in [2.45, 2.75) is 37.4 Å². The lowest BCUT2D eigenvalue weighted by molar-refractivity contribution is -0.155. The number of fused-ring (bicyclic) bond motifs is 3. The van der Waals surface area contributed by atoms with E-state index in [1.54, 1.807) is 6.20 Å². The average molecular weight is 497 g/mol. The van der Waals surface area contributed by atoms with Crippen molar-refractivity contribution in [2.75, 3.05) is 55.6 Å². The number of anilines is 2. The van der Waals surface area contributed by atoms with E-state index in [2.05, 4.69) is 63.0 Å². The minimum absolute atomic E-state index is 0.0994. The summed E-state index contributed by atoms with van der Waals surface area (Å²) in [6, 6.07) is 17.3. The van der Waals surface area contributed by atoms with Crippen LogP contribution in [0.4, 0.5) is 11.4 Å². The fourth-order valence-electron chi connectivity index (χ4n) is 6.58. The van der Waals surface area contributed by atoms with Crippen molar-refractivity contribution in [3.63, 3.8) is 0 Å². The molecule has 8 nitrogen and oxygen atoms in total. The van der Waals surface area contributed by atoms with Crippen molar-refractivity contribution in [1.82, 2.24) is 9.88 Å². The molecule has 37 heavy (non-hydrogen) atoms. The van der Waals surface area contributed by atoms with Crippen molar-refractivity contribution >= 4 is 22.3 Å². The van der Waals surface area contributed by atoms with Gasteiger partial charge in [0.05, 0.1) is 29.9 Å². The molecule has 0 aliphatic carbocycles. The van der Waals surface area contributed by atoms with Crippen LogP contribution >= 0.6 is 0 Å². The third-order valence-electron chi connectivity index (χ3n) is 8.31. The van der Waals surface area contributed by atoms with Crippen molar-refractivity contribution in [3.05, 3.63) is 65.4 Å². The third kappa shape index (κ3) is 3.85. The number of nitrogens with zero attached hydrogens (tertiary/aromatic N) is 5. The molecule has 4 aliphatic rings. The van der Waals surface area contributed by atoms with Crippen LogP contribution in [-0.4, -0.2) is 73.9 Å². The van der Waals surface area contributed by atoms with Gasteiger partial charge in [-0.3, -0.25) is 9.88 Å². The number of nitriles is 1. The molecule has 1 aromatic heterocycles. The number of hydrogen-bond donors (Lipinski definition) is 1. The van der Waals surface area contributed by atoms with E-state index in [9.17, 15) is 5.26 Å². The van der Waals surface area contributed by atoms with Crippen LogP contribution in [0.1, 0.15) is 23.6 Å². The first-order valence-electron chi connectivity index (χ1n) is 13.2. The smallest absolute Gasteiger partial charge is 0.119 e. The van der Waals surface area contributed by atoms with Crippen LogP contribution < -0.4 is 15.5 Å². The highest BCUT2D eigenvalue weighted by Gasteiger charge is 2.50. The zero-order valence-electron chi connectivity index (χ0n) is 21.1. The van der Waals surface area contributed by atoms with Crippen LogP contribution in [0.3, 0.4) is 0 Å². The van der Waals surface area contributed by atoms with E-state index in [4.69, 9.17) is 15.2 Å². The van der Waals surface area contributed by atoms with Gasteiger partial charge in [0.1, 0.15) is 11.7 Å². The molecule has 7 rings (SSSR count). The van der Waals surface area contributed by atoms with E-state index in [0.29, 0.717) is 18.2 Å². The second-order valence-electron chi connectivity index (χ2n) is 11.1. The van der Waals surface area contributed by atoms with Gasteiger partial charge in [-0.1, -0.05) is 6.07 Å². The number of pyridine rings is 1. The second kappa shape index (κ2) is 8.67. The molecule has 2 atom stereocenters. The Kier molecular flexibility index (Phi) is 5.38. The molecule has 190 valence electrons. The quantitative estimate of drug-likeness (QED) is 0.590. The Morgan fingerprint density at radius 2 is 1.97 bits per heavy atom. The maximum Gasteiger partial charge on any atom is 0.119 e. The van der Waals surface area contributed by atoms with E-state index in [1.807, 2.05) is 12.1 Å². The van der Waals surface area contributed by atoms with Crippen molar-refractivity contribution in [3.8, 4) is 6.07 Å². The van der Waals surface area contributed by atoms with Crippen LogP contribution in [0.15, 0.2) is 48.7 Å². The van der Waals surface area contributed by atoms with Crippen LogP contribution in [-0.2, 0) is 21.7 Å². The Bertz CT molecular complexity index is 1390. The van der Waals surface area contributed by atoms with Crippen LogP contribution in [0, 0.1) is 11.3 Å². The SMILES string of the molecule is C[C@@H]1CN(c2ccc(C#N)c3ncccc23)C[C@H](CN2CC3(C2)OCc2cc(N4CC(N)C4)ccc23)O1. The number of ether oxygens (including phenoxy) is 2. The lowest BCUT2D eigenvalue weighted by Crippen LogP contribution is -2.62. The summed E-state index contributed by atoms with van der Waals surface area (Å²) < 4.78 is 12.8. The normalized spacial score (nSPS) is 25.1. The molecule has 0 amide bonds. The first kappa shape index (κ1) is 22.9. The molecule has 0 radical (unpaired) electrons. The molecule has 3 fully saturated rings. The topological polar surface area (TPSA) is 90.9 Å². The standard InChI is InChI=1S/C29H32N6O2/c1-19-11-35(27-7-4-20(10-30)28-25(27)3-2-8-32-28)15-24(37-19)14-33-17-29(18-33)26-6-5-23(9-21(26)16-36-29)34-12-22(31)13-34/h2-9,19,22,24H,11-18,31H2,1H3/t19-,24+/m1/s1. The monoisotopic (exact) mass is 496 g/mol. The minimum Gasteiger partial charge on any atom is -0.370 e. The van der Waals surface area contributed by atoms with Gasteiger partial charge < -0.3 is 25.0 Å². The van der Waals surface area contributed by atoms with Gasteiger partial charge in [-0.25, -0.2) is 0 Å². The number of likely N-dealkylation sites (tertiary alicyclic amines) is 1. The van der Waals surface area contributed by atoms with Gasteiger partial charge in [-0.15, -0.1) is 0 Å². The summed E-state index contributed by atoms with van der Waals surface area (Å²) in [4.78, 5) is 11.7. The predicted molar refractivity (Wildman–Crippen MR) is 143 cm³/mol. The molecular weight excluding hydrogens is 464 g/mol. The molecule has 1 spiro atoms. The van der Waals surface area contributed by atoms with E-state index in [-0.39, 0.29) is 17.8 Å². The maximum atomic E-state index is 9.52. The maximum absolute atomic E-state index is 9.52. The lowest BCUT2D eigenvalue weighted by atomic mass is 9.84. The van der Waals surface area contributed by atoms with E-state index in [1.165, 1.54) is 16.8 Å². The third-order valence-corrected chi connectivity index (χ3v) is 8.31. The molecule has 2 N–H and O–H groups in total. The number of nitrogens with two attached hydrogens (primary N) is 1. The molecule has 3 saturated heterocycles. The Morgan fingerprint density at radius 1 is 1.11 bits per heavy atom. The fraction of sp³-hybridized carbons (Fsp3) is 0.448. The van der Waals surface area contributed by atoms with Gasteiger partial charge >= 0.3 is 0 Å². The van der Waals surface area contributed by atoms with Gasteiger partial charge in [0, 0.05) is 74.8 Å². The van der Waals surface area contributed by atoms with E-state index >= 15 is 0 Å². The summed E-state index contributed by atoms with van der Waals surface area (Å²) >= 11 is 0. The zero-order valence-corrected chi connectivity index (χ0v) is 21.1. The molecule has 0 unspecified atom stereocenters. The number of benzene rings is 2. The fourth-order valence-corrected chi connectivity index (χ4v) is 6.58. The Morgan fingerprint density at radius 3 is 2.78 bits per heavy atom. The summed E-state index contributed by atoms with van der Waals surface area (Å²) in [5, 5.41) is 10.5. The molecule has 0 saturated carbocycles. The highest BCUT2D eigenvalue weighted by Crippen LogP contribution is 2.45. The van der Waals surface area contributed by atoms with Gasteiger partial charge in [0.15, 0.2) is 0 Å². The molecule has 0 bridgehead atoms. The summed E-state index contributed by atoms with van der Waals surface area (Å²) in [5.74, 6) is 0. The van der Waals surface area contributed by atoms with Crippen LogP contribution in [0.2, 0.25) is 0 Å². The van der Waals surface area contributed by atoms with Gasteiger partial charge in [-0.05, 0) is 54.4 Å². The van der Waals surface area contributed by atoms with Crippen molar-refractivity contribution < 1.29 is 9.47 Å². The molecule has 4 aliphatic heterocycles. The second-order valence-corrected chi connectivity index (χ2v) is 11.1. The number of morpholine rings is 1. The summed E-state index contributed by atoms with van der Waals surface area (Å²) in [5.41, 5.74) is 12.2. The van der Waals surface area contributed by atoms with E-state index in [0.717, 1.165) is 62.4 Å². The van der Waals surface area contributed by atoms with Crippen LogP contribution in [0.25, 0.3) is 10.9 Å². The largest absolute Gasteiger partial charge is 0.370 e. The van der Waals surface area contributed by atoms with Crippen molar-refractivity contribution in [1.29, 1.82) is 5.26 Å². The molecule has 3 aromatic rings. The van der Waals surface area contributed by atoms with Crippen LogP contribution in [0.5, 0.6) is 0 Å². The molecular formula is C29H32N6O2. The van der Waals surface area contributed by atoms with Crippen molar-refractivity contribution in [2.24, 2.45) is 5.73 Å². The Hall–Kier alpha value is -3.22. The summed E-state index contributed by atoms with van der Waals surface area (Å²) in [7, 11) is 0. The zero-order chi connectivity index (χ0) is 25.1. The summed E-state index contributed by atoms with van der Waals surface area (Å²) in [6.45, 7) is 8.98. The predicted octanol–water partition coefficient (Wildman–Crippen LogP) is 2.59. The van der Waals surface area contributed by atoms with E-state index < -0.39 is 0 Å². The Balaban J connectivity index is 1.04.